The lowest BCUT2D eigenvalue weighted by Gasteiger charge is -2.32. The highest BCUT2D eigenvalue weighted by Gasteiger charge is 2.19. The summed E-state index contributed by atoms with van der Waals surface area (Å²) in [4.78, 5) is 0. The average Bonchev–Trinajstić information content (AvgIpc) is 1.94. The first-order chi connectivity index (χ1) is 5.11. The zero-order valence-corrected chi connectivity index (χ0v) is 9.04. The van der Waals surface area contributed by atoms with Crippen LogP contribution in [0.15, 0.2) is 11.6 Å². The van der Waals surface area contributed by atoms with Gasteiger partial charge in [-0.3, -0.25) is 4.67 Å². The zero-order chi connectivity index (χ0) is 8.43. The fourth-order valence-electron chi connectivity index (χ4n) is 1.25. The fraction of sp³-hybridized carbons (Fsp3) is 0.714. The summed E-state index contributed by atoms with van der Waals surface area (Å²) < 4.78 is 4.17. The summed E-state index contributed by atoms with van der Waals surface area (Å²) in [6, 6.07) is 0.463. The Bertz CT molecular complexity index is 170. The third-order valence-electron chi connectivity index (χ3n) is 2.03. The molecule has 64 valence electrons. The normalized spacial score (nSPS) is 27.4. The summed E-state index contributed by atoms with van der Waals surface area (Å²) in [6.07, 6.45) is 2.24. The van der Waals surface area contributed by atoms with Crippen molar-refractivity contribution in [2.24, 2.45) is 0 Å². The second-order valence-corrected chi connectivity index (χ2v) is 4.35. The summed E-state index contributed by atoms with van der Waals surface area (Å²) in [5, 5.41) is 0. The van der Waals surface area contributed by atoms with Gasteiger partial charge in [0.15, 0.2) is 0 Å². The van der Waals surface area contributed by atoms with Gasteiger partial charge < -0.3 is 0 Å². The quantitative estimate of drug-likeness (QED) is 0.377. The molecule has 0 aromatic heterocycles. The van der Waals surface area contributed by atoms with Gasteiger partial charge in [0.25, 0.3) is 0 Å². The minimum absolute atomic E-state index is 0.463. The van der Waals surface area contributed by atoms with Gasteiger partial charge in [0.1, 0.15) is 0 Å². The number of rotatable bonds is 1. The third-order valence-corrected chi connectivity index (χ3v) is 2.73. The molecule has 0 saturated carbocycles. The molecule has 1 rings (SSSR count). The van der Waals surface area contributed by atoms with Crippen molar-refractivity contribution in [1.82, 2.24) is 8.98 Å². The Balaban J connectivity index is 2.64. The van der Waals surface area contributed by atoms with Gasteiger partial charge in [-0.25, -0.2) is 4.31 Å². The molecule has 2 nitrogen and oxygen atoms in total. The molecule has 0 aliphatic carbocycles. The van der Waals surface area contributed by atoms with Gasteiger partial charge in [-0.2, -0.15) is 0 Å². The van der Waals surface area contributed by atoms with Gasteiger partial charge in [-0.05, 0) is 14.0 Å². The maximum absolute atomic E-state index is 4.30. The Morgan fingerprint density at radius 1 is 1.82 bits per heavy atom. The van der Waals surface area contributed by atoms with Gasteiger partial charge in [-0.1, -0.05) is 33.9 Å². The summed E-state index contributed by atoms with van der Waals surface area (Å²) >= 11 is 4.30. The topological polar surface area (TPSA) is 6.48 Å². The predicted molar refractivity (Wildman–Crippen MR) is 55.6 cm³/mol. The zero-order valence-electron chi connectivity index (χ0n) is 6.99. The maximum atomic E-state index is 4.30. The Kier molecular flexibility index (Phi) is 3.38. The highest BCUT2D eigenvalue weighted by atomic mass is 32.1. The molecule has 1 heterocycles. The minimum atomic E-state index is 0.463. The summed E-state index contributed by atoms with van der Waals surface area (Å²) in [5.74, 6) is 0. The van der Waals surface area contributed by atoms with E-state index in [1.807, 2.05) is 11.4 Å². The van der Waals surface area contributed by atoms with E-state index in [-0.39, 0.29) is 0 Å². The molecule has 0 spiro atoms. The van der Waals surface area contributed by atoms with E-state index in [2.05, 4.69) is 39.9 Å². The predicted octanol–water partition coefficient (Wildman–Crippen LogP) is 1.18. The van der Waals surface area contributed by atoms with Gasteiger partial charge in [0.05, 0.1) is 6.04 Å². The smallest absolute Gasteiger partial charge is 0.0534 e. The Labute approximate surface area is 76.4 Å². The molecule has 0 aromatic rings. The first-order valence-corrected chi connectivity index (χ1v) is 4.61. The summed E-state index contributed by atoms with van der Waals surface area (Å²) in [7, 11) is 4.71. The van der Waals surface area contributed by atoms with Crippen molar-refractivity contribution >= 4 is 22.2 Å². The van der Waals surface area contributed by atoms with E-state index in [4.69, 9.17) is 0 Å². The molecular formula is C7H15N2PS. The molecule has 0 N–H and O–H groups in total. The highest BCUT2D eigenvalue weighted by molar-refractivity contribution is 7.77. The third kappa shape index (κ3) is 2.45. The largest absolute Gasteiger partial charge is 0.282 e. The van der Waals surface area contributed by atoms with E-state index in [1.54, 1.807) is 0 Å². The molecule has 0 aromatic carbocycles. The lowest BCUT2D eigenvalue weighted by atomic mass is 10.1. The Morgan fingerprint density at radius 3 is 2.91 bits per heavy atom. The van der Waals surface area contributed by atoms with E-state index < -0.39 is 0 Å². The number of nitrogens with zero attached hydrogens (tertiary/aromatic N) is 2. The van der Waals surface area contributed by atoms with Crippen LogP contribution in [0.4, 0.5) is 0 Å². The van der Waals surface area contributed by atoms with Crippen molar-refractivity contribution in [1.29, 1.82) is 0 Å². The van der Waals surface area contributed by atoms with Crippen LogP contribution >= 0.6 is 22.2 Å². The molecule has 11 heavy (non-hydrogen) atoms. The van der Waals surface area contributed by atoms with Crippen LogP contribution in [-0.4, -0.2) is 35.2 Å². The maximum Gasteiger partial charge on any atom is 0.0534 e. The second kappa shape index (κ2) is 3.90. The molecule has 2 unspecified atom stereocenters. The van der Waals surface area contributed by atoms with Crippen molar-refractivity contribution in [3.05, 3.63) is 11.6 Å². The van der Waals surface area contributed by atoms with Crippen molar-refractivity contribution in [2.45, 2.75) is 13.0 Å². The van der Waals surface area contributed by atoms with E-state index in [0.29, 0.717) is 6.04 Å². The Morgan fingerprint density at radius 2 is 2.45 bits per heavy atom. The molecule has 0 bridgehead atoms. The number of thiol groups is 1. The number of hydrogen-bond acceptors (Lipinski definition) is 3. The lowest BCUT2D eigenvalue weighted by Crippen LogP contribution is -2.38. The van der Waals surface area contributed by atoms with Crippen LogP contribution < -0.4 is 0 Å². The number of likely N-dealkylation sites (N-methyl/N-ethyl adjacent to an activating group) is 1. The molecule has 4 heteroatoms. The molecule has 2 atom stereocenters. The van der Waals surface area contributed by atoms with E-state index in [9.17, 15) is 0 Å². The minimum Gasteiger partial charge on any atom is -0.282 e. The first-order valence-electron chi connectivity index (χ1n) is 3.69. The SMILES string of the molecule is CC1=CCN(P)CC1N(C)S. The van der Waals surface area contributed by atoms with Crippen LogP contribution in [0.25, 0.3) is 0 Å². The molecule has 1 aliphatic rings. The van der Waals surface area contributed by atoms with E-state index >= 15 is 0 Å². The van der Waals surface area contributed by atoms with Gasteiger partial charge in [0, 0.05) is 13.1 Å². The first kappa shape index (κ1) is 9.53. The number of hydrogen-bond donors (Lipinski definition) is 1. The Hall–Kier alpha value is 0.440. The van der Waals surface area contributed by atoms with Crippen molar-refractivity contribution in [2.75, 3.05) is 20.1 Å². The van der Waals surface area contributed by atoms with Crippen LogP contribution in [0.5, 0.6) is 0 Å². The molecule has 0 amide bonds. The lowest BCUT2D eigenvalue weighted by molar-refractivity contribution is 0.354. The molecule has 1 aliphatic heterocycles. The van der Waals surface area contributed by atoms with E-state index in [1.165, 1.54) is 5.57 Å². The van der Waals surface area contributed by atoms with Crippen molar-refractivity contribution < 1.29 is 0 Å². The second-order valence-electron chi connectivity index (χ2n) is 2.99. The standard InChI is InChI=1S/C7H15N2PS/c1-6-3-4-9(10)5-7(6)8(2)11/h3,7,11H,4-5,10H2,1-2H3. The fourth-order valence-corrected chi connectivity index (χ4v) is 1.81. The van der Waals surface area contributed by atoms with Crippen LogP contribution in [0.3, 0.4) is 0 Å². The van der Waals surface area contributed by atoms with Crippen molar-refractivity contribution in [3.63, 3.8) is 0 Å². The van der Waals surface area contributed by atoms with E-state index in [0.717, 1.165) is 13.1 Å². The van der Waals surface area contributed by atoms with Crippen LogP contribution in [0.1, 0.15) is 6.92 Å². The van der Waals surface area contributed by atoms with Gasteiger partial charge >= 0.3 is 0 Å². The summed E-state index contributed by atoms with van der Waals surface area (Å²) in [5.41, 5.74) is 1.42. The average molecular weight is 190 g/mol. The molecule has 0 fully saturated rings. The van der Waals surface area contributed by atoms with Crippen LogP contribution in [-0.2, 0) is 0 Å². The highest BCUT2D eigenvalue weighted by Crippen LogP contribution is 2.18. The molecule has 0 saturated heterocycles. The molecule has 0 radical (unpaired) electrons. The van der Waals surface area contributed by atoms with Crippen molar-refractivity contribution in [3.8, 4) is 0 Å². The summed E-state index contributed by atoms with van der Waals surface area (Å²) in [6.45, 7) is 4.25. The van der Waals surface area contributed by atoms with Gasteiger partial charge in [0.2, 0.25) is 0 Å². The van der Waals surface area contributed by atoms with Gasteiger partial charge in [-0.15, -0.1) is 0 Å². The molecular weight excluding hydrogens is 175 g/mol. The van der Waals surface area contributed by atoms with Crippen LogP contribution in [0.2, 0.25) is 0 Å². The monoisotopic (exact) mass is 190 g/mol. The van der Waals surface area contributed by atoms with Crippen LogP contribution in [0, 0.1) is 0 Å².